The lowest BCUT2D eigenvalue weighted by atomic mass is 9.91. The van der Waals surface area contributed by atoms with Crippen molar-refractivity contribution in [1.29, 1.82) is 0 Å². The average Bonchev–Trinajstić information content (AvgIpc) is 3.42. The number of piperidine rings is 1. The van der Waals surface area contributed by atoms with Crippen LogP contribution in [0.1, 0.15) is 31.7 Å². The van der Waals surface area contributed by atoms with E-state index in [-0.39, 0.29) is 22.0 Å². The molecule has 0 radical (unpaired) electrons. The fraction of sp³-hybridized carbons (Fsp3) is 0.345. The van der Waals surface area contributed by atoms with E-state index in [1.165, 1.54) is 22.8 Å². The number of aromatic nitrogens is 2. The van der Waals surface area contributed by atoms with E-state index in [2.05, 4.69) is 10.3 Å². The summed E-state index contributed by atoms with van der Waals surface area (Å²) in [7, 11) is -1.89. The van der Waals surface area contributed by atoms with Gasteiger partial charge in [0.05, 0.1) is 10.6 Å². The fourth-order valence-corrected chi connectivity index (χ4v) is 6.00. The van der Waals surface area contributed by atoms with E-state index in [1.807, 2.05) is 6.07 Å². The van der Waals surface area contributed by atoms with Crippen LogP contribution in [0.5, 0.6) is 11.5 Å². The summed E-state index contributed by atoms with van der Waals surface area (Å²) in [6.45, 7) is 3.66. The summed E-state index contributed by atoms with van der Waals surface area (Å²) in [6, 6.07) is 11.3. The second-order valence-corrected chi connectivity index (χ2v) is 12.2. The van der Waals surface area contributed by atoms with Crippen molar-refractivity contribution >= 4 is 20.7 Å². The molecule has 1 aliphatic rings. The van der Waals surface area contributed by atoms with Crippen molar-refractivity contribution in [2.75, 3.05) is 18.8 Å². The zero-order chi connectivity index (χ0) is 26.9. The lowest BCUT2D eigenvalue weighted by molar-refractivity contribution is 0.354. The Labute approximate surface area is 221 Å². The Morgan fingerprint density at radius 3 is 2.55 bits per heavy atom. The van der Waals surface area contributed by atoms with Crippen molar-refractivity contribution in [3.63, 3.8) is 0 Å². The Hall–Kier alpha value is -3.43. The van der Waals surface area contributed by atoms with Crippen LogP contribution in [-0.2, 0) is 23.3 Å². The van der Waals surface area contributed by atoms with Crippen molar-refractivity contribution in [2.24, 2.45) is 13.0 Å². The molecule has 9 heteroatoms. The molecule has 0 unspecified atom stereocenters. The number of benzene rings is 2. The van der Waals surface area contributed by atoms with Crippen molar-refractivity contribution in [2.45, 2.75) is 37.5 Å². The molecule has 5 rings (SSSR count). The van der Waals surface area contributed by atoms with Gasteiger partial charge < -0.3 is 19.6 Å². The molecule has 4 aromatic rings. The van der Waals surface area contributed by atoms with Gasteiger partial charge in [0.2, 0.25) is 0 Å². The summed E-state index contributed by atoms with van der Waals surface area (Å²) in [4.78, 5) is 15.7. The molecule has 1 aliphatic heterocycles. The molecular weight excluding hydrogens is 505 g/mol. The van der Waals surface area contributed by atoms with Gasteiger partial charge in [0.25, 0.3) is 5.56 Å². The van der Waals surface area contributed by atoms with E-state index in [0.29, 0.717) is 33.7 Å². The van der Waals surface area contributed by atoms with Gasteiger partial charge >= 0.3 is 0 Å². The van der Waals surface area contributed by atoms with Crippen LogP contribution in [0, 0.1) is 11.7 Å². The molecule has 38 heavy (non-hydrogen) atoms. The van der Waals surface area contributed by atoms with Gasteiger partial charge in [0.1, 0.15) is 11.3 Å². The average molecular weight is 538 g/mol. The lowest BCUT2D eigenvalue weighted by Gasteiger charge is -2.22. The normalized spacial score (nSPS) is 14.7. The van der Waals surface area contributed by atoms with Crippen molar-refractivity contribution in [3.05, 3.63) is 76.6 Å². The van der Waals surface area contributed by atoms with Crippen LogP contribution in [0.3, 0.4) is 0 Å². The van der Waals surface area contributed by atoms with E-state index in [1.54, 1.807) is 44.6 Å². The molecular formula is C29H32FN3O4S. The minimum atomic E-state index is -3.52. The van der Waals surface area contributed by atoms with Crippen molar-refractivity contribution < 1.29 is 17.5 Å². The minimum absolute atomic E-state index is 0.0538. The summed E-state index contributed by atoms with van der Waals surface area (Å²) in [5.41, 5.74) is 2.16. The summed E-state index contributed by atoms with van der Waals surface area (Å²) in [6.07, 6.45) is 7.43. The minimum Gasteiger partial charge on any atom is -0.454 e. The zero-order valence-electron chi connectivity index (χ0n) is 21.6. The number of rotatable bonds is 8. The maximum absolute atomic E-state index is 15.2. The predicted molar refractivity (Wildman–Crippen MR) is 147 cm³/mol. The first-order chi connectivity index (χ1) is 18.3. The Kier molecular flexibility index (Phi) is 7.40. The number of H-pyrrole nitrogens is 1. The number of hydrogen-bond acceptors (Lipinski definition) is 5. The van der Waals surface area contributed by atoms with Crippen LogP contribution in [0.15, 0.2) is 64.5 Å². The molecule has 1 fully saturated rings. The highest BCUT2D eigenvalue weighted by atomic mass is 32.2. The number of nitrogens with one attached hydrogen (secondary N) is 2. The van der Waals surface area contributed by atoms with E-state index in [4.69, 9.17) is 4.74 Å². The molecule has 0 bridgehead atoms. The Morgan fingerprint density at radius 1 is 1.05 bits per heavy atom. The van der Waals surface area contributed by atoms with Crippen LogP contribution in [0.2, 0.25) is 0 Å². The second-order valence-electron chi connectivity index (χ2n) is 9.89. The highest BCUT2D eigenvalue weighted by molar-refractivity contribution is 7.91. The molecule has 2 N–H and O–H groups in total. The molecule has 2 aromatic heterocycles. The SMILES string of the molecule is CCS(=O)(=O)c1ccc(Oc2ccc(CCC3CCNCC3)cc2F)c(-c2cn(C)c(=O)c3[nH]ccc23)c1. The van der Waals surface area contributed by atoms with Gasteiger partial charge in [0, 0.05) is 36.0 Å². The summed E-state index contributed by atoms with van der Waals surface area (Å²) < 4.78 is 48.1. The number of sulfone groups is 1. The smallest absolute Gasteiger partial charge is 0.274 e. The topological polar surface area (TPSA) is 93.2 Å². The van der Waals surface area contributed by atoms with Gasteiger partial charge in [-0.05, 0) is 86.7 Å². The standard InChI is InChI=1S/C29H32FN3O4S/c1-3-38(35,36)21-7-9-26(23(17-21)24-18-33(2)29(34)28-22(24)12-15-32-28)37-27-8-6-20(16-25(27)30)5-4-19-10-13-31-14-11-19/h6-9,12,15-19,31-32H,3-5,10-11,13-14H2,1-2H3. The zero-order valence-corrected chi connectivity index (χ0v) is 22.4. The van der Waals surface area contributed by atoms with Gasteiger partial charge in [-0.3, -0.25) is 4.79 Å². The largest absolute Gasteiger partial charge is 0.454 e. The van der Waals surface area contributed by atoms with Crippen LogP contribution < -0.4 is 15.6 Å². The van der Waals surface area contributed by atoms with E-state index >= 15 is 4.39 Å². The number of fused-ring (bicyclic) bond motifs is 1. The lowest BCUT2D eigenvalue weighted by Crippen LogP contribution is -2.27. The number of halogens is 1. The fourth-order valence-electron chi connectivity index (χ4n) is 5.09. The van der Waals surface area contributed by atoms with E-state index < -0.39 is 15.7 Å². The number of aromatic amines is 1. The van der Waals surface area contributed by atoms with Gasteiger partial charge in [-0.2, -0.15) is 0 Å². The van der Waals surface area contributed by atoms with Gasteiger partial charge in [-0.15, -0.1) is 0 Å². The molecule has 3 heterocycles. The highest BCUT2D eigenvalue weighted by Crippen LogP contribution is 2.39. The maximum Gasteiger partial charge on any atom is 0.274 e. The first kappa shape index (κ1) is 26.2. The molecule has 0 aliphatic carbocycles. The van der Waals surface area contributed by atoms with Crippen molar-refractivity contribution in [3.8, 4) is 22.6 Å². The number of hydrogen-bond donors (Lipinski definition) is 2. The first-order valence-corrected chi connectivity index (χ1v) is 14.6. The molecule has 200 valence electrons. The number of ether oxygens (including phenoxy) is 1. The molecule has 0 spiro atoms. The van der Waals surface area contributed by atoms with Crippen LogP contribution in [0.4, 0.5) is 4.39 Å². The first-order valence-electron chi connectivity index (χ1n) is 13.0. The number of pyridine rings is 1. The number of aryl methyl sites for hydroxylation is 2. The molecule has 0 saturated carbocycles. The van der Waals surface area contributed by atoms with E-state index in [9.17, 15) is 13.2 Å². The molecule has 0 amide bonds. The van der Waals surface area contributed by atoms with Crippen LogP contribution >= 0.6 is 0 Å². The third-order valence-electron chi connectivity index (χ3n) is 7.39. The molecule has 2 aromatic carbocycles. The van der Waals surface area contributed by atoms with Crippen LogP contribution in [-0.4, -0.2) is 36.8 Å². The summed E-state index contributed by atoms with van der Waals surface area (Å²) >= 11 is 0. The quantitative estimate of drug-likeness (QED) is 0.323. The van der Waals surface area contributed by atoms with Crippen LogP contribution in [0.25, 0.3) is 22.0 Å². The molecule has 0 atom stereocenters. The Bertz CT molecular complexity index is 1640. The predicted octanol–water partition coefficient (Wildman–Crippen LogP) is 5.19. The van der Waals surface area contributed by atoms with Crippen molar-refractivity contribution in [1.82, 2.24) is 14.9 Å². The number of nitrogens with zero attached hydrogens (tertiary/aromatic N) is 1. The summed E-state index contributed by atoms with van der Waals surface area (Å²) in [5.74, 6) is 0.465. The molecule has 1 saturated heterocycles. The summed E-state index contributed by atoms with van der Waals surface area (Å²) in [5, 5.41) is 3.99. The molecule has 7 nitrogen and oxygen atoms in total. The third-order valence-corrected chi connectivity index (χ3v) is 9.12. The Balaban J connectivity index is 1.51. The van der Waals surface area contributed by atoms with Gasteiger partial charge in [0.15, 0.2) is 21.4 Å². The monoisotopic (exact) mass is 537 g/mol. The maximum atomic E-state index is 15.2. The van der Waals surface area contributed by atoms with E-state index in [0.717, 1.165) is 44.3 Å². The Morgan fingerprint density at radius 2 is 1.82 bits per heavy atom. The second kappa shape index (κ2) is 10.7. The highest BCUT2D eigenvalue weighted by Gasteiger charge is 2.20. The third kappa shape index (κ3) is 5.26. The van der Waals surface area contributed by atoms with Gasteiger partial charge in [-0.25, -0.2) is 12.8 Å². The van der Waals surface area contributed by atoms with Gasteiger partial charge in [-0.1, -0.05) is 13.0 Å².